The summed E-state index contributed by atoms with van der Waals surface area (Å²) in [6.07, 6.45) is 0. The number of morpholine rings is 1. The minimum atomic E-state index is -0.360. The van der Waals surface area contributed by atoms with Crippen molar-refractivity contribution in [3.05, 3.63) is 27.9 Å². The first-order valence-corrected chi connectivity index (χ1v) is 8.31. The van der Waals surface area contributed by atoms with Gasteiger partial charge >= 0.3 is 0 Å². The first-order chi connectivity index (χ1) is 11.6. The average molecular weight is 370 g/mol. The molecule has 1 fully saturated rings. The van der Waals surface area contributed by atoms with Crippen LogP contribution in [-0.2, 0) is 4.74 Å². The summed E-state index contributed by atoms with van der Waals surface area (Å²) in [5.41, 5.74) is 6.88. The quantitative estimate of drug-likeness (QED) is 0.849. The second kappa shape index (κ2) is 7.48. The molecule has 0 spiro atoms. The molecule has 0 saturated carbocycles. The van der Waals surface area contributed by atoms with E-state index in [0.717, 1.165) is 32.8 Å². The number of anilines is 1. The lowest BCUT2D eigenvalue weighted by molar-refractivity contribution is 0.0383. The number of carbonyl (C=O) groups is 1. The zero-order chi connectivity index (χ0) is 17.1. The molecule has 2 aromatic rings. The minimum Gasteiger partial charge on any atom is -0.396 e. The fraction of sp³-hybridized carbons (Fsp3) is 0.400. The molecular formula is C15H17Cl2N5O2. The Morgan fingerprint density at radius 2 is 1.96 bits per heavy atom. The van der Waals surface area contributed by atoms with Crippen molar-refractivity contribution in [2.75, 3.05) is 45.1 Å². The highest BCUT2D eigenvalue weighted by molar-refractivity contribution is 6.42. The molecule has 0 aliphatic carbocycles. The summed E-state index contributed by atoms with van der Waals surface area (Å²) in [6, 6.07) is 3.16. The predicted octanol–water partition coefficient (Wildman–Crippen LogP) is 1.58. The summed E-state index contributed by atoms with van der Waals surface area (Å²) in [4.78, 5) is 14.5. The van der Waals surface area contributed by atoms with Crippen LogP contribution >= 0.6 is 23.2 Å². The molecule has 2 heterocycles. The van der Waals surface area contributed by atoms with Crippen molar-refractivity contribution in [2.45, 2.75) is 0 Å². The van der Waals surface area contributed by atoms with Crippen molar-refractivity contribution >= 4 is 45.7 Å². The molecule has 0 radical (unpaired) electrons. The van der Waals surface area contributed by atoms with Crippen LogP contribution in [0.1, 0.15) is 10.5 Å². The topological polar surface area (TPSA) is 93.4 Å². The standard InChI is InChI=1S/C15H17Cl2N5O2/c16-10-7-9-12(8-11(10)17)20-21-14(13(9)18)15(23)19-1-2-22-3-5-24-6-4-22/h7-8H,1-6H2,(H2,18,20)(H,19,23). The monoisotopic (exact) mass is 369 g/mol. The van der Waals surface area contributed by atoms with E-state index in [9.17, 15) is 4.79 Å². The van der Waals surface area contributed by atoms with Crippen LogP contribution in [0.25, 0.3) is 10.9 Å². The lowest BCUT2D eigenvalue weighted by Crippen LogP contribution is -2.41. The molecule has 0 unspecified atom stereocenters. The number of fused-ring (bicyclic) bond motifs is 1. The van der Waals surface area contributed by atoms with Gasteiger partial charge in [-0.25, -0.2) is 0 Å². The number of ether oxygens (including phenoxy) is 1. The first-order valence-electron chi connectivity index (χ1n) is 7.55. The number of rotatable bonds is 4. The third-order valence-electron chi connectivity index (χ3n) is 3.87. The number of aromatic nitrogens is 2. The van der Waals surface area contributed by atoms with E-state index in [-0.39, 0.29) is 17.3 Å². The summed E-state index contributed by atoms with van der Waals surface area (Å²) in [7, 11) is 0. The van der Waals surface area contributed by atoms with Gasteiger partial charge in [-0.15, -0.1) is 10.2 Å². The van der Waals surface area contributed by atoms with E-state index in [1.807, 2.05) is 0 Å². The molecule has 0 atom stereocenters. The van der Waals surface area contributed by atoms with Crippen LogP contribution in [0.3, 0.4) is 0 Å². The molecule has 1 aromatic heterocycles. The molecule has 128 valence electrons. The molecule has 1 saturated heterocycles. The molecule has 0 bridgehead atoms. The van der Waals surface area contributed by atoms with Gasteiger partial charge in [0.2, 0.25) is 0 Å². The first kappa shape index (κ1) is 17.2. The normalized spacial score (nSPS) is 15.6. The van der Waals surface area contributed by atoms with Crippen molar-refractivity contribution in [2.24, 2.45) is 0 Å². The van der Waals surface area contributed by atoms with Crippen LogP contribution in [0.5, 0.6) is 0 Å². The van der Waals surface area contributed by atoms with Crippen molar-refractivity contribution in [1.29, 1.82) is 0 Å². The van der Waals surface area contributed by atoms with Crippen molar-refractivity contribution in [1.82, 2.24) is 20.4 Å². The maximum atomic E-state index is 12.3. The van der Waals surface area contributed by atoms with E-state index in [2.05, 4.69) is 20.4 Å². The summed E-state index contributed by atoms with van der Waals surface area (Å²) >= 11 is 12.0. The van der Waals surface area contributed by atoms with E-state index < -0.39 is 0 Å². The molecule has 24 heavy (non-hydrogen) atoms. The lowest BCUT2D eigenvalue weighted by atomic mass is 10.1. The molecule has 1 aliphatic rings. The summed E-state index contributed by atoms with van der Waals surface area (Å²) < 4.78 is 5.29. The number of hydrogen-bond acceptors (Lipinski definition) is 6. The molecule has 1 aliphatic heterocycles. The van der Waals surface area contributed by atoms with Gasteiger partial charge < -0.3 is 15.8 Å². The molecule has 3 N–H and O–H groups in total. The van der Waals surface area contributed by atoms with Gasteiger partial charge in [-0.3, -0.25) is 9.69 Å². The van der Waals surface area contributed by atoms with E-state index in [1.54, 1.807) is 12.1 Å². The molecular weight excluding hydrogens is 353 g/mol. The second-order valence-corrected chi connectivity index (χ2v) is 6.27. The smallest absolute Gasteiger partial charge is 0.274 e. The number of nitrogens with zero attached hydrogens (tertiary/aromatic N) is 3. The number of nitrogens with one attached hydrogen (secondary N) is 1. The Balaban J connectivity index is 1.70. The number of halogens is 2. The molecule has 1 amide bonds. The van der Waals surface area contributed by atoms with E-state index in [4.69, 9.17) is 33.7 Å². The highest BCUT2D eigenvalue weighted by atomic mass is 35.5. The summed E-state index contributed by atoms with van der Waals surface area (Å²) in [6.45, 7) is 4.43. The van der Waals surface area contributed by atoms with Crippen LogP contribution in [0.2, 0.25) is 10.0 Å². The fourth-order valence-corrected chi connectivity index (χ4v) is 2.85. The number of nitrogens with two attached hydrogens (primary N) is 1. The third-order valence-corrected chi connectivity index (χ3v) is 4.60. The Morgan fingerprint density at radius 3 is 2.71 bits per heavy atom. The van der Waals surface area contributed by atoms with Crippen LogP contribution in [0.4, 0.5) is 5.69 Å². The molecule has 3 rings (SSSR count). The Morgan fingerprint density at radius 1 is 1.25 bits per heavy atom. The fourth-order valence-electron chi connectivity index (χ4n) is 2.52. The largest absolute Gasteiger partial charge is 0.396 e. The molecule has 7 nitrogen and oxygen atoms in total. The van der Waals surface area contributed by atoms with Gasteiger partial charge in [-0.1, -0.05) is 23.2 Å². The van der Waals surface area contributed by atoms with Gasteiger partial charge in [0.15, 0.2) is 5.69 Å². The van der Waals surface area contributed by atoms with Gasteiger partial charge in [0, 0.05) is 31.6 Å². The predicted molar refractivity (Wildman–Crippen MR) is 93.6 cm³/mol. The number of benzene rings is 1. The Labute approximate surface area is 149 Å². The van der Waals surface area contributed by atoms with Crippen molar-refractivity contribution < 1.29 is 9.53 Å². The van der Waals surface area contributed by atoms with Crippen LogP contribution < -0.4 is 11.1 Å². The van der Waals surface area contributed by atoms with E-state index in [1.165, 1.54) is 0 Å². The second-order valence-electron chi connectivity index (χ2n) is 5.46. The molecule has 1 aromatic carbocycles. The number of carbonyl (C=O) groups excluding carboxylic acids is 1. The number of amides is 1. The van der Waals surface area contributed by atoms with Crippen molar-refractivity contribution in [3.8, 4) is 0 Å². The average Bonchev–Trinajstić information content (AvgIpc) is 2.58. The minimum absolute atomic E-state index is 0.0860. The summed E-state index contributed by atoms with van der Waals surface area (Å²) in [5, 5.41) is 12.0. The van der Waals surface area contributed by atoms with Crippen LogP contribution in [0, 0.1) is 0 Å². The van der Waals surface area contributed by atoms with Gasteiger partial charge in [-0.05, 0) is 12.1 Å². The maximum Gasteiger partial charge on any atom is 0.274 e. The molecule has 9 heteroatoms. The van der Waals surface area contributed by atoms with E-state index in [0.29, 0.717) is 27.5 Å². The van der Waals surface area contributed by atoms with E-state index >= 15 is 0 Å². The Hall–Kier alpha value is -1.67. The zero-order valence-electron chi connectivity index (χ0n) is 12.9. The highest BCUT2D eigenvalue weighted by Gasteiger charge is 2.17. The Kier molecular flexibility index (Phi) is 5.35. The zero-order valence-corrected chi connectivity index (χ0v) is 14.4. The highest BCUT2D eigenvalue weighted by Crippen LogP contribution is 2.30. The van der Waals surface area contributed by atoms with Crippen molar-refractivity contribution in [3.63, 3.8) is 0 Å². The lowest BCUT2D eigenvalue weighted by Gasteiger charge is -2.26. The maximum absolute atomic E-state index is 12.3. The SMILES string of the molecule is Nc1c(C(=O)NCCN2CCOCC2)nnc2cc(Cl)c(Cl)cc12. The van der Waals surface area contributed by atoms with Crippen LogP contribution in [-0.4, -0.2) is 60.4 Å². The number of nitrogen functional groups attached to an aromatic ring is 1. The van der Waals surface area contributed by atoms with Gasteiger partial charge in [0.1, 0.15) is 0 Å². The number of hydrogen-bond donors (Lipinski definition) is 2. The van der Waals surface area contributed by atoms with Gasteiger partial charge in [0.05, 0.1) is 34.5 Å². The Bertz CT molecular complexity index is 765. The van der Waals surface area contributed by atoms with Gasteiger partial charge in [0.25, 0.3) is 5.91 Å². The van der Waals surface area contributed by atoms with Crippen LogP contribution in [0.15, 0.2) is 12.1 Å². The summed E-state index contributed by atoms with van der Waals surface area (Å²) in [5.74, 6) is -0.360. The van der Waals surface area contributed by atoms with Gasteiger partial charge in [-0.2, -0.15) is 0 Å². The third kappa shape index (κ3) is 3.70.